The van der Waals surface area contributed by atoms with E-state index in [4.69, 9.17) is 4.42 Å². The molecule has 1 aromatic heterocycles. The van der Waals surface area contributed by atoms with Crippen molar-refractivity contribution in [3.05, 3.63) is 52.9 Å². The van der Waals surface area contributed by atoms with Crippen LogP contribution in [0.25, 0.3) is 0 Å². The quantitative estimate of drug-likeness (QED) is 0.722. The smallest absolute Gasteiger partial charge is 0.244 e. The van der Waals surface area contributed by atoms with Gasteiger partial charge in [-0.05, 0) is 46.6 Å². The Kier molecular flexibility index (Phi) is 4.87. The van der Waals surface area contributed by atoms with Crippen LogP contribution in [0.4, 0.5) is 0 Å². The fraction of sp³-hybridized carbons (Fsp3) is 0.333. The van der Waals surface area contributed by atoms with E-state index in [9.17, 15) is 16.8 Å². The van der Waals surface area contributed by atoms with Crippen LogP contribution in [-0.2, 0) is 25.6 Å². The van der Waals surface area contributed by atoms with Crippen LogP contribution in [0.5, 0.6) is 0 Å². The van der Waals surface area contributed by atoms with Crippen molar-refractivity contribution in [2.75, 3.05) is 13.1 Å². The van der Waals surface area contributed by atoms with Gasteiger partial charge in [0.2, 0.25) is 10.0 Å². The Balaban J connectivity index is 1.79. The molecule has 3 rings (SSSR count). The maximum atomic E-state index is 12.7. The number of benzene rings is 1. The third-order valence-corrected chi connectivity index (χ3v) is 8.96. The first kappa shape index (κ1) is 17.7. The molecular formula is C15H16BrNO5S2. The number of nitrogens with zero attached hydrogens (tertiary/aromatic N) is 1. The lowest BCUT2D eigenvalue weighted by Gasteiger charge is -2.17. The van der Waals surface area contributed by atoms with Crippen molar-refractivity contribution in [3.63, 3.8) is 0 Å². The van der Waals surface area contributed by atoms with Crippen LogP contribution in [0.3, 0.4) is 0 Å². The minimum atomic E-state index is -3.73. The second-order valence-electron chi connectivity index (χ2n) is 5.59. The van der Waals surface area contributed by atoms with Crippen molar-refractivity contribution in [1.29, 1.82) is 0 Å². The van der Waals surface area contributed by atoms with Crippen molar-refractivity contribution in [2.24, 2.45) is 0 Å². The lowest BCUT2D eigenvalue weighted by Crippen LogP contribution is -2.32. The topological polar surface area (TPSA) is 84.7 Å². The molecule has 1 aliphatic rings. The van der Waals surface area contributed by atoms with Gasteiger partial charge in [0.25, 0.3) is 0 Å². The maximum absolute atomic E-state index is 12.7. The van der Waals surface area contributed by atoms with Crippen molar-refractivity contribution < 1.29 is 21.3 Å². The van der Waals surface area contributed by atoms with E-state index in [2.05, 4.69) is 15.9 Å². The summed E-state index contributed by atoms with van der Waals surface area (Å²) in [6.45, 7) is 0.151. The van der Waals surface area contributed by atoms with Gasteiger partial charge < -0.3 is 4.42 Å². The Morgan fingerprint density at radius 1 is 1.12 bits per heavy atom. The number of furan rings is 1. The largest absolute Gasteiger partial charge is 0.468 e. The molecule has 130 valence electrons. The van der Waals surface area contributed by atoms with Crippen LogP contribution >= 0.6 is 15.9 Å². The van der Waals surface area contributed by atoms with Gasteiger partial charge in [0, 0.05) is 17.6 Å². The molecule has 0 bridgehead atoms. The fourth-order valence-corrected chi connectivity index (χ4v) is 6.94. The summed E-state index contributed by atoms with van der Waals surface area (Å²) in [7, 11) is -7.21. The molecule has 0 radical (unpaired) electrons. The van der Waals surface area contributed by atoms with Crippen LogP contribution in [-0.4, -0.2) is 39.5 Å². The highest BCUT2D eigenvalue weighted by atomic mass is 79.9. The molecule has 1 saturated heterocycles. The Morgan fingerprint density at radius 2 is 1.88 bits per heavy atom. The van der Waals surface area contributed by atoms with E-state index in [1.54, 1.807) is 30.3 Å². The molecule has 1 aromatic carbocycles. The third-order valence-electron chi connectivity index (χ3n) is 3.99. The average Bonchev–Trinajstić information content (AvgIpc) is 3.18. The van der Waals surface area contributed by atoms with Crippen molar-refractivity contribution in [3.8, 4) is 0 Å². The highest BCUT2D eigenvalue weighted by Crippen LogP contribution is 2.29. The van der Waals surface area contributed by atoms with Gasteiger partial charge >= 0.3 is 0 Å². The summed E-state index contributed by atoms with van der Waals surface area (Å²) in [5, 5.41) is -0.722. The summed E-state index contributed by atoms with van der Waals surface area (Å²) in [6, 6.07) is 9.74. The molecule has 2 aromatic rings. The molecule has 2 heterocycles. The van der Waals surface area contributed by atoms with E-state index >= 15 is 0 Å². The predicted molar refractivity (Wildman–Crippen MR) is 92.6 cm³/mol. The van der Waals surface area contributed by atoms with Crippen LogP contribution < -0.4 is 0 Å². The minimum absolute atomic E-state index is 0.0350. The zero-order valence-corrected chi connectivity index (χ0v) is 15.8. The van der Waals surface area contributed by atoms with Gasteiger partial charge in [0.05, 0.1) is 16.4 Å². The third kappa shape index (κ3) is 3.44. The van der Waals surface area contributed by atoms with Gasteiger partial charge in [0.15, 0.2) is 9.84 Å². The van der Waals surface area contributed by atoms with Crippen LogP contribution in [0.1, 0.15) is 12.2 Å². The maximum Gasteiger partial charge on any atom is 0.244 e. The Labute approximate surface area is 149 Å². The standard InChI is InChI=1S/C15H16BrNO5S2/c16-14-5-1-2-6-15(14)24(20,21)17-8-7-13(10-17)23(18,19)11-12-4-3-9-22-12/h1-6,9,13H,7-8,10-11H2/t13-/m1/s1. The van der Waals surface area contributed by atoms with E-state index in [1.165, 1.54) is 16.6 Å². The Morgan fingerprint density at radius 3 is 2.54 bits per heavy atom. The first-order valence-corrected chi connectivity index (χ1v) is 11.2. The number of hydrogen-bond acceptors (Lipinski definition) is 5. The summed E-state index contributed by atoms with van der Waals surface area (Å²) in [4.78, 5) is 0.147. The highest BCUT2D eigenvalue weighted by Gasteiger charge is 2.39. The van der Waals surface area contributed by atoms with E-state index in [0.29, 0.717) is 10.2 Å². The first-order chi connectivity index (χ1) is 11.3. The first-order valence-electron chi connectivity index (χ1n) is 7.29. The number of rotatable bonds is 5. The second-order valence-corrected chi connectivity index (χ2v) is 10.6. The lowest BCUT2D eigenvalue weighted by molar-refractivity contribution is 0.475. The summed E-state index contributed by atoms with van der Waals surface area (Å²) in [5.74, 6) is 0.148. The zero-order valence-electron chi connectivity index (χ0n) is 12.6. The van der Waals surface area contributed by atoms with Crippen LogP contribution in [0.2, 0.25) is 0 Å². The monoisotopic (exact) mass is 433 g/mol. The van der Waals surface area contributed by atoms with Crippen LogP contribution in [0, 0.1) is 0 Å². The summed E-state index contributed by atoms with van der Waals surface area (Å²) in [5.41, 5.74) is 0. The van der Waals surface area contributed by atoms with Crippen LogP contribution in [0.15, 0.2) is 56.4 Å². The van der Waals surface area contributed by atoms with Gasteiger partial charge in [0.1, 0.15) is 11.5 Å². The summed E-state index contributed by atoms with van der Waals surface area (Å²) < 4.78 is 57.2. The van der Waals surface area contributed by atoms with E-state index in [1.807, 2.05) is 0 Å². The van der Waals surface area contributed by atoms with Gasteiger partial charge in [-0.2, -0.15) is 4.31 Å². The van der Waals surface area contributed by atoms with Gasteiger partial charge in [-0.1, -0.05) is 12.1 Å². The summed E-state index contributed by atoms with van der Waals surface area (Å²) >= 11 is 3.24. The second kappa shape index (κ2) is 6.62. The molecule has 0 saturated carbocycles. The molecule has 1 atom stereocenters. The highest BCUT2D eigenvalue weighted by molar-refractivity contribution is 9.10. The minimum Gasteiger partial charge on any atom is -0.468 e. The molecule has 0 amide bonds. The normalized spacial score (nSPS) is 19.6. The number of sulfone groups is 1. The molecule has 6 nitrogen and oxygen atoms in total. The van der Waals surface area contributed by atoms with Gasteiger partial charge in [-0.3, -0.25) is 0 Å². The molecule has 0 spiro atoms. The number of hydrogen-bond donors (Lipinski definition) is 0. The predicted octanol–water partition coefficient (Wildman–Crippen LogP) is 2.42. The van der Waals surface area contributed by atoms with Crippen molar-refractivity contribution in [2.45, 2.75) is 22.3 Å². The molecule has 0 aliphatic carbocycles. The van der Waals surface area contributed by atoms with Gasteiger partial charge in [-0.25, -0.2) is 16.8 Å². The van der Waals surface area contributed by atoms with Gasteiger partial charge in [-0.15, -0.1) is 0 Å². The molecular weight excluding hydrogens is 418 g/mol. The molecule has 9 heteroatoms. The molecule has 1 fully saturated rings. The van der Waals surface area contributed by atoms with E-state index in [0.717, 1.165) is 0 Å². The molecule has 0 N–H and O–H groups in total. The molecule has 1 aliphatic heterocycles. The number of sulfonamides is 1. The molecule has 24 heavy (non-hydrogen) atoms. The van der Waals surface area contributed by atoms with Crippen molar-refractivity contribution >= 4 is 35.8 Å². The Bertz CT molecular complexity index is 923. The lowest BCUT2D eigenvalue weighted by atomic mass is 10.4. The fourth-order valence-electron chi connectivity index (χ4n) is 2.71. The zero-order chi connectivity index (χ0) is 17.4. The average molecular weight is 434 g/mol. The summed E-state index contributed by atoms with van der Waals surface area (Å²) in [6.07, 6.45) is 1.70. The SMILES string of the molecule is O=S(=O)(Cc1ccco1)[C@@H]1CCN(S(=O)(=O)c2ccccc2Br)C1. The van der Waals surface area contributed by atoms with E-state index < -0.39 is 25.1 Å². The Hall–Kier alpha value is -1.16. The van der Waals surface area contributed by atoms with E-state index in [-0.39, 0.29) is 30.2 Å². The number of halogens is 1. The molecule has 0 unspecified atom stereocenters. The van der Waals surface area contributed by atoms with Crippen molar-refractivity contribution in [1.82, 2.24) is 4.31 Å².